The number of hydrogen-bond donors (Lipinski definition) is 1. The van der Waals surface area contributed by atoms with Crippen LogP contribution in [0, 0.1) is 10.1 Å². The average molecular weight is 588 g/mol. The molecule has 0 aliphatic rings. The first-order valence-corrected chi connectivity index (χ1v) is 17.5. The van der Waals surface area contributed by atoms with E-state index < -0.39 is 4.92 Å². The number of thioether (sulfide) groups is 1. The van der Waals surface area contributed by atoms with E-state index in [9.17, 15) is 10.1 Å². The van der Waals surface area contributed by atoms with E-state index in [1.165, 1.54) is 134 Å². The van der Waals surface area contributed by atoms with Crippen molar-refractivity contribution in [3.63, 3.8) is 0 Å². The highest BCUT2D eigenvalue weighted by Gasteiger charge is 2.07. The molecule has 3 aromatic rings. The Morgan fingerprint density at radius 3 is 1.87 bits per heavy atom. The molecular weight excluding hydrogens is 543 g/mol. The normalized spacial score (nSPS) is 11.6. The summed E-state index contributed by atoms with van der Waals surface area (Å²) in [5.74, 6) is 1.21. The van der Waals surface area contributed by atoms with Gasteiger partial charge in [0.1, 0.15) is 0 Å². The SMILES string of the molecule is CCCCCCCCCCCCCCCCCCSc1cc2sc(C=NNc3ccc([N+](=O)[O-])cc3)cc2s1. The predicted octanol–water partition coefficient (Wildman–Crippen LogP) is 11.7. The fourth-order valence-corrected chi connectivity index (χ4v) is 8.21. The highest BCUT2D eigenvalue weighted by Crippen LogP contribution is 2.37. The molecule has 3 rings (SSSR count). The molecule has 2 heterocycles. The van der Waals surface area contributed by atoms with Crippen LogP contribution in [0.5, 0.6) is 0 Å². The van der Waals surface area contributed by atoms with Gasteiger partial charge in [0, 0.05) is 26.4 Å². The number of nitrogens with one attached hydrogen (secondary N) is 1. The van der Waals surface area contributed by atoms with Crippen LogP contribution in [0.25, 0.3) is 9.40 Å². The monoisotopic (exact) mass is 587 g/mol. The Morgan fingerprint density at radius 2 is 1.33 bits per heavy atom. The van der Waals surface area contributed by atoms with Crippen molar-refractivity contribution < 1.29 is 4.92 Å². The summed E-state index contributed by atoms with van der Waals surface area (Å²) in [7, 11) is 0. The molecule has 0 amide bonds. The van der Waals surface area contributed by atoms with Gasteiger partial charge in [-0.05, 0) is 36.4 Å². The van der Waals surface area contributed by atoms with Gasteiger partial charge in [-0.2, -0.15) is 5.10 Å². The number of non-ortho nitro benzene ring substituents is 1. The maximum absolute atomic E-state index is 10.7. The summed E-state index contributed by atoms with van der Waals surface area (Å²) >= 11 is 5.60. The quantitative estimate of drug-likeness (QED) is 0.0417. The summed E-state index contributed by atoms with van der Waals surface area (Å²) in [5.41, 5.74) is 3.73. The van der Waals surface area contributed by atoms with Crippen LogP contribution in [0.3, 0.4) is 0 Å². The zero-order valence-corrected chi connectivity index (χ0v) is 25.9. The molecule has 0 aliphatic carbocycles. The summed E-state index contributed by atoms with van der Waals surface area (Å²) in [6, 6.07) is 10.8. The minimum atomic E-state index is -0.404. The Labute approximate surface area is 247 Å². The van der Waals surface area contributed by atoms with Crippen LogP contribution in [0.2, 0.25) is 0 Å². The molecule has 2 aromatic heterocycles. The second-order valence-electron chi connectivity index (χ2n) is 10.3. The van der Waals surface area contributed by atoms with Gasteiger partial charge in [-0.25, -0.2) is 0 Å². The van der Waals surface area contributed by atoms with Gasteiger partial charge >= 0.3 is 0 Å². The molecule has 0 saturated heterocycles. The van der Waals surface area contributed by atoms with Crippen LogP contribution in [0.4, 0.5) is 11.4 Å². The third-order valence-electron chi connectivity index (χ3n) is 6.91. The molecule has 0 aliphatic heterocycles. The van der Waals surface area contributed by atoms with Gasteiger partial charge in [-0.15, -0.1) is 34.4 Å². The van der Waals surface area contributed by atoms with Crippen molar-refractivity contribution in [3.05, 3.63) is 51.4 Å². The second kappa shape index (κ2) is 19.2. The maximum Gasteiger partial charge on any atom is 0.269 e. The zero-order valence-electron chi connectivity index (χ0n) is 23.5. The molecule has 0 saturated carbocycles. The van der Waals surface area contributed by atoms with Crippen LogP contribution in [0.15, 0.2) is 45.7 Å². The number of nitrogens with zero attached hydrogens (tertiary/aromatic N) is 2. The predicted molar refractivity (Wildman–Crippen MR) is 174 cm³/mol. The summed E-state index contributed by atoms with van der Waals surface area (Å²) < 4.78 is 4.03. The molecule has 0 fully saturated rings. The smallest absolute Gasteiger partial charge is 0.269 e. The van der Waals surface area contributed by atoms with Crippen LogP contribution in [-0.2, 0) is 0 Å². The Hall–Kier alpha value is -1.90. The van der Waals surface area contributed by atoms with Crippen molar-refractivity contribution in [2.45, 2.75) is 114 Å². The summed E-state index contributed by atoms with van der Waals surface area (Å²) in [5, 5.41) is 15.0. The molecule has 0 atom stereocenters. The van der Waals surface area contributed by atoms with E-state index in [1.807, 2.05) is 29.3 Å². The number of hydrogen-bond acceptors (Lipinski definition) is 7. The van der Waals surface area contributed by atoms with E-state index in [-0.39, 0.29) is 5.69 Å². The number of nitro benzene ring substituents is 1. The Kier molecular flexibility index (Phi) is 15.6. The third-order valence-corrected chi connectivity index (χ3v) is 10.4. The number of hydrazone groups is 1. The number of anilines is 1. The number of unbranched alkanes of at least 4 members (excludes halogenated alkanes) is 15. The minimum absolute atomic E-state index is 0.0755. The lowest BCUT2D eigenvalue weighted by atomic mass is 10.0. The van der Waals surface area contributed by atoms with Crippen molar-refractivity contribution in [2.24, 2.45) is 5.10 Å². The third kappa shape index (κ3) is 12.9. The molecule has 0 bridgehead atoms. The highest BCUT2D eigenvalue weighted by atomic mass is 32.2. The fraction of sp³-hybridized carbons (Fsp3) is 0.581. The molecule has 1 N–H and O–H groups in total. The van der Waals surface area contributed by atoms with E-state index in [4.69, 9.17) is 0 Å². The van der Waals surface area contributed by atoms with Crippen molar-refractivity contribution >= 4 is 61.4 Å². The summed E-state index contributed by atoms with van der Waals surface area (Å²) in [4.78, 5) is 11.4. The molecule has 0 spiro atoms. The highest BCUT2D eigenvalue weighted by molar-refractivity contribution is 8.01. The standard InChI is InChI=1S/C31H45N3O2S3/c1-2-3-4-5-6-7-8-9-10-11-12-13-14-15-16-17-22-37-31-24-30-29(39-31)23-28(38-30)25-32-33-26-18-20-27(21-19-26)34(35)36/h18-21,23-25,33H,2-17,22H2,1H3. The molecule has 0 unspecified atom stereocenters. The van der Waals surface area contributed by atoms with Crippen LogP contribution < -0.4 is 5.43 Å². The van der Waals surface area contributed by atoms with Crippen LogP contribution >= 0.6 is 34.4 Å². The lowest BCUT2D eigenvalue weighted by Gasteiger charge is -2.03. The maximum atomic E-state index is 10.7. The molecule has 8 heteroatoms. The van der Waals surface area contributed by atoms with E-state index in [1.54, 1.807) is 23.5 Å². The van der Waals surface area contributed by atoms with Gasteiger partial charge in [0.2, 0.25) is 0 Å². The fourth-order valence-electron chi connectivity index (χ4n) is 4.62. The first-order chi connectivity index (χ1) is 19.2. The number of fused-ring (bicyclic) bond motifs is 1. The van der Waals surface area contributed by atoms with Gasteiger partial charge < -0.3 is 0 Å². The minimum Gasteiger partial charge on any atom is -0.278 e. The van der Waals surface area contributed by atoms with Crippen molar-refractivity contribution in [3.8, 4) is 0 Å². The van der Waals surface area contributed by atoms with Crippen molar-refractivity contribution in [2.75, 3.05) is 11.2 Å². The molecule has 0 radical (unpaired) electrons. The topological polar surface area (TPSA) is 67.5 Å². The zero-order chi connectivity index (χ0) is 27.5. The van der Waals surface area contributed by atoms with Crippen molar-refractivity contribution in [1.29, 1.82) is 0 Å². The summed E-state index contributed by atoms with van der Waals surface area (Å²) in [6.07, 6.45) is 24.4. The Balaban J connectivity index is 1.17. The molecular formula is C31H45N3O2S3. The first-order valence-electron chi connectivity index (χ1n) is 14.9. The van der Waals surface area contributed by atoms with E-state index in [0.29, 0.717) is 0 Å². The number of benzene rings is 1. The summed E-state index contributed by atoms with van der Waals surface area (Å²) in [6.45, 7) is 2.29. The molecule has 1 aromatic carbocycles. The lowest BCUT2D eigenvalue weighted by molar-refractivity contribution is -0.384. The van der Waals surface area contributed by atoms with Gasteiger partial charge in [0.25, 0.3) is 5.69 Å². The first kappa shape index (κ1) is 31.6. The number of rotatable bonds is 22. The average Bonchev–Trinajstić information content (AvgIpc) is 3.49. The Morgan fingerprint density at radius 1 is 0.795 bits per heavy atom. The van der Waals surface area contributed by atoms with Gasteiger partial charge in [0.05, 0.1) is 21.0 Å². The molecule has 39 heavy (non-hydrogen) atoms. The van der Waals surface area contributed by atoms with Gasteiger partial charge in [-0.3, -0.25) is 15.5 Å². The second-order valence-corrected chi connectivity index (χ2v) is 13.9. The Bertz CT molecular complexity index is 1080. The van der Waals surface area contributed by atoms with Crippen LogP contribution in [-0.4, -0.2) is 16.9 Å². The number of thiophene rings is 2. The van der Waals surface area contributed by atoms with E-state index in [0.717, 1.165) is 10.6 Å². The molecule has 214 valence electrons. The molecule has 5 nitrogen and oxygen atoms in total. The van der Waals surface area contributed by atoms with Crippen LogP contribution in [0.1, 0.15) is 115 Å². The van der Waals surface area contributed by atoms with Gasteiger partial charge in [0.15, 0.2) is 0 Å². The van der Waals surface area contributed by atoms with E-state index in [2.05, 4.69) is 29.6 Å². The van der Waals surface area contributed by atoms with E-state index >= 15 is 0 Å². The number of nitro groups is 1. The van der Waals surface area contributed by atoms with Gasteiger partial charge in [-0.1, -0.05) is 103 Å². The largest absolute Gasteiger partial charge is 0.278 e. The lowest BCUT2D eigenvalue weighted by Crippen LogP contribution is -1.91. The van der Waals surface area contributed by atoms with Crippen molar-refractivity contribution in [1.82, 2.24) is 0 Å².